The first-order valence-corrected chi connectivity index (χ1v) is 5.78. The van der Waals surface area contributed by atoms with Gasteiger partial charge in [-0.25, -0.2) is 0 Å². The Hall–Kier alpha value is -1.72. The van der Waals surface area contributed by atoms with E-state index in [1.807, 2.05) is 0 Å². The molecule has 0 bridgehead atoms. The SMILES string of the molecule is CC(C)(CCOc1ccccc1C(F)(F)F)C(=N)N. The average Bonchev–Trinajstić information content (AvgIpc) is 2.27. The van der Waals surface area contributed by atoms with Crippen LogP contribution in [-0.4, -0.2) is 12.4 Å². The number of amidine groups is 1. The Morgan fingerprint density at radius 2 is 1.84 bits per heavy atom. The summed E-state index contributed by atoms with van der Waals surface area (Å²) in [5.41, 5.74) is 4.01. The quantitative estimate of drug-likeness (QED) is 0.638. The molecule has 19 heavy (non-hydrogen) atoms. The van der Waals surface area contributed by atoms with Gasteiger partial charge in [0.05, 0.1) is 18.0 Å². The summed E-state index contributed by atoms with van der Waals surface area (Å²) in [6.07, 6.45) is -4.07. The number of ether oxygens (including phenoxy) is 1. The van der Waals surface area contributed by atoms with Crippen LogP contribution in [0.1, 0.15) is 25.8 Å². The first kappa shape index (κ1) is 15.3. The lowest BCUT2D eigenvalue weighted by atomic mass is 9.88. The third kappa shape index (κ3) is 4.15. The van der Waals surface area contributed by atoms with E-state index in [0.717, 1.165) is 6.07 Å². The molecule has 0 spiro atoms. The highest BCUT2D eigenvalue weighted by Gasteiger charge is 2.34. The first-order valence-electron chi connectivity index (χ1n) is 5.78. The van der Waals surface area contributed by atoms with E-state index in [1.165, 1.54) is 18.2 Å². The minimum atomic E-state index is -4.44. The molecule has 3 N–H and O–H groups in total. The van der Waals surface area contributed by atoms with Crippen molar-refractivity contribution in [2.45, 2.75) is 26.4 Å². The van der Waals surface area contributed by atoms with Crippen LogP contribution in [0.25, 0.3) is 0 Å². The van der Waals surface area contributed by atoms with Gasteiger partial charge in [0, 0.05) is 5.41 Å². The summed E-state index contributed by atoms with van der Waals surface area (Å²) in [5, 5.41) is 7.36. The van der Waals surface area contributed by atoms with Crippen molar-refractivity contribution in [3.05, 3.63) is 29.8 Å². The number of hydrogen-bond donors (Lipinski definition) is 2. The minimum absolute atomic E-state index is 0.0137. The molecule has 6 heteroatoms. The molecule has 0 fully saturated rings. The molecule has 0 unspecified atom stereocenters. The van der Waals surface area contributed by atoms with Crippen molar-refractivity contribution in [3.8, 4) is 5.75 Å². The second kappa shape index (κ2) is 5.50. The fourth-order valence-electron chi connectivity index (χ4n) is 1.38. The van der Waals surface area contributed by atoms with Crippen molar-refractivity contribution in [1.29, 1.82) is 5.41 Å². The number of hydrogen-bond acceptors (Lipinski definition) is 2. The van der Waals surface area contributed by atoms with Gasteiger partial charge in [0.2, 0.25) is 0 Å². The van der Waals surface area contributed by atoms with E-state index in [1.54, 1.807) is 13.8 Å². The molecule has 0 heterocycles. The molecule has 0 atom stereocenters. The fourth-order valence-corrected chi connectivity index (χ4v) is 1.38. The predicted octanol–water partition coefficient (Wildman–Crippen LogP) is 3.44. The van der Waals surface area contributed by atoms with Crippen LogP contribution in [0.3, 0.4) is 0 Å². The number of rotatable bonds is 5. The number of halogens is 3. The molecular formula is C13H17F3N2O. The number of nitrogens with one attached hydrogen (secondary N) is 1. The summed E-state index contributed by atoms with van der Waals surface area (Å²) in [6, 6.07) is 5.06. The maximum atomic E-state index is 12.7. The highest BCUT2D eigenvalue weighted by atomic mass is 19.4. The van der Waals surface area contributed by atoms with E-state index in [9.17, 15) is 13.2 Å². The fraction of sp³-hybridized carbons (Fsp3) is 0.462. The van der Waals surface area contributed by atoms with E-state index in [2.05, 4.69) is 0 Å². The van der Waals surface area contributed by atoms with Crippen LogP contribution in [0.2, 0.25) is 0 Å². The molecule has 0 aliphatic carbocycles. The Morgan fingerprint density at radius 3 is 2.37 bits per heavy atom. The van der Waals surface area contributed by atoms with Crippen molar-refractivity contribution >= 4 is 5.84 Å². The second-order valence-electron chi connectivity index (χ2n) is 4.89. The van der Waals surface area contributed by atoms with Gasteiger partial charge in [-0.15, -0.1) is 0 Å². The number of para-hydroxylation sites is 1. The van der Waals surface area contributed by atoms with E-state index >= 15 is 0 Å². The zero-order valence-corrected chi connectivity index (χ0v) is 10.8. The van der Waals surface area contributed by atoms with Gasteiger partial charge < -0.3 is 10.5 Å². The summed E-state index contributed by atoms with van der Waals surface area (Å²) in [6.45, 7) is 3.56. The van der Waals surface area contributed by atoms with Gasteiger partial charge in [-0.2, -0.15) is 13.2 Å². The van der Waals surface area contributed by atoms with Crippen LogP contribution in [0.4, 0.5) is 13.2 Å². The third-order valence-corrected chi connectivity index (χ3v) is 2.91. The average molecular weight is 274 g/mol. The molecule has 1 aromatic carbocycles. The van der Waals surface area contributed by atoms with Crippen LogP contribution < -0.4 is 10.5 Å². The second-order valence-corrected chi connectivity index (χ2v) is 4.89. The molecule has 0 saturated heterocycles. The molecule has 0 aliphatic heterocycles. The van der Waals surface area contributed by atoms with Crippen LogP contribution in [0.15, 0.2) is 24.3 Å². The summed E-state index contributed by atoms with van der Waals surface area (Å²) in [4.78, 5) is 0. The largest absolute Gasteiger partial charge is 0.493 e. The highest BCUT2D eigenvalue weighted by Crippen LogP contribution is 2.36. The zero-order valence-electron chi connectivity index (χ0n) is 10.8. The Labute approximate surface area is 110 Å². The normalized spacial score (nSPS) is 12.3. The molecule has 0 radical (unpaired) electrons. The Bertz CT molecular complexity index is 455. The summed E-state index contributed by atoms with van der Waals surface area (Å²) >= 11 is 0. The zero-order chi connectivity index (χ0) is 14.7. The van der Waals surface area contributed by atoms with Crippen molar-refractivity contribution in [2.24, 2.45) is 11.1 Å². The van der Waals surface area contributed by atoms with Gasteiger partial charge in [-0.1, -0.05) is 26.0 Å². The molecule has 0 amide bonds. The summed E-state index contributed by atoms with van der Waals surface area (Å²) in [5.74, 6) is -0.213. The lowest BCUT2D eigenvalue weighted by Crippen LogP contribution is -2.32. The maximum Gasteiger partial charge on any atom is 0.419 e. The van der Waals surface area contributed by atoms with Crippen molar-refractivity contribution < 1.29 is 17.9 Å². The van der Waals surface area contributed by atoms with E-state index in [4.69, 9.17) is 15.9 Å². The smallest absolute Gasteiger partial charge is 0.419 e. The molecular weight excluding hydrogens is 257 g/mol. The molecule has 0 aromatic heterocycles. The Kier molecular flexibility index (Phi) is 4.44. The number of alkyl halides is 3. The van der Waals surface area contributed by atoms with Crippen molar-refractivity contribution in [2.75, 3.05) is 6.61 Å². The predicted molar refractivity (Wildman–Crippen MR) is 67.3 cm³/mol. The van der Waals surface area contributed by atoms with Crippen LogP contribution >= 0.6 is 0 Å². The molecule has 0 saturated carbocycles. The molecule has 1 rings (SSSR count). The van der Waals surface area contributed by atoms with Gasteiger partial charge in [-0.3, -0.25) is 5.41 Å². The first-order chi connectivity index (χ1) is 8.64. The van der Waals surface area contributed by atoms with E-state index in [-0.39, 0.29) is 18.2 Å². The number of benzene rings is 1. The van der Waals surface area contributed by atoms with Crippen molar-refractivity contribution in [1.82, 2.24) is 0 Å². The lowest BCUT2D eigenvalue weighted by Gasteiger charge is -2.23. The molecule has 0 aliphatic rings. The van der Waals surface area contributed by atoms with E-state index in [0.29, 0.717) is 6.42 Å². The highest BCUT2D eigenvalue weighted by molar-refractivity contribution is 5.82. The summed E-state index contributed by atoms with van der Waals surface area (Å²) in [7, 11) is 0. The Balaban J connectivity index is 2.72. The minimum Gasteiger partial charge on any atom is -0.493 e. The van der Waals surface area contributed by atoms with Gasteiger partial charge in [-0.05, 0) is 18.6 Å². The van der Waals surface area contributed by atoms with E-state index < -0.39 is 17.2 Å². The van der Waals surface area contributed by atoms with Gasteiger partial charge in [0.15, 0.2) is 0 Å². The molecule has 1 aromatic rings. The Morgan fingerprint density at radius 1 is 1.26 bits per heavy atom. The topological polar surface area (TPSA) is 59.1 Å². The van der Waals surface area contributed by atoms with Gasteiger partial charge in [0.25, 0.3) is 0 Å². The summed E-state index contributed by atoms with van der Waals surface area (Å²) < 4.78 is 43.3. The maximum absolute atomic E-state index is 12.7. The van der Waals surface area contributed by atoms with Crippen molar-refractivity contribution in [3.63, 3.8) is 0 Å². The standard InChI is InChI=1S/C13H17F3N2O/c1-12(2,11(17)18)7-8-19-10-6-4-3-5-9(10)13(14,15)16/h3-6H,7-8H2,1-2H3,(H3,17,18). The van der Waals surface area contributed by atoms with Crippen LogP contribution in [-0.2, 0) is 6.18 Å². The lowest BCUT2D eigenvalue weighted by molar-refractivity contribution is -0.139. The van der Waals surface area contributed by atoms with Gasteiger partial charge >= 0.3 is 6.18 Å². The monoisotopic (exact) mass is 274 g/mol. The van der Waals surface area contributed by atoms with Crippen LogP contribution in [0, 0.1) is 10.8 Å². The number of nitrogens with two attached hydrogens (primary N) is 1. The third-order valence-electron chi connectivity index (χ3n) is 2.91. The van der Waals surface area contributed by atoms with Gasteiger partial charge in [0.1, 0.15) is 5.75 Å². The molecule has 106 valence electrons. The molecule has 3 nitrogen and oxygen atoms in total. The van der Waals surface area contributed by atoms with Crippen LogP contribution in [0.5, 0.6) is 5.75 Å².